The van der Waals surface area contributed by atoms with Gasteiger partial charge in [0.25, 0.3) is 0 Å². The lowest BCUT2D eigenvalue weighted by Crippen LogP contribution is -2.27. The molecular formula is C14H21N3O2. The summed E-state index contributed by atoms with van der Waals surface area (Å²) in [5.41, 5.74) is 1.54. The van der Waals surface area contributed by atoms with Crippen molar-refractivity contribution in [3.05, 3.63) is 28.3 Å². The van der Waals surface area contributed by atoms with Gasteiger partial charge in [-0.15, -0.1) is 0 Å². The van der Waals surface area contributed by atoms with Gasteiger partial charge in [-0.25, -0.2) is 0 Å². The van der Waals surface area contributed by atoms with Crippen LogP contribution in [0.2, 0.25) is 0 Å². The van der Waals surface area contributed by atoms with Crippen molar-refractivity contribution in [1.82, 2.24) is 0 Å². The van der Waals surface area contributed by atoms with Crippen molar-refractivity contribution in [2.45, 2.75) is 33.2 Å². The number of nitrogens with zero attached hydrogens (tertiary/aromatic N) is 2. The number of nitrogens with one attached hydrogen (secondary N) is 1. The minimum Gasteiger partial charge on any atom is -0.380 e. The van der Waals surface area contributed by atoms with Gasteiger partial charge in [-0.2, -0.15) is 0 Å². The Morgan fingerprint density at radius 2 is 2.21 bits per heavy atom. The summed E-state index contributed by atoms with van der Waals surface area (Å²) in [7, 11) is 0. The first-order chi connectivity index (χ1) is 9.04. The zero-order chi connectivity index (χ0) is 14.0. The molecular weight excluding hydrogens is 242 g/mol. The van der Waals surface area contributed by atoms with Crippen molar-refractivity contribution in [2.75, 3.05) is 23.3 Å². The van der Waals surface area contributed by atoms with Crippen LogP contribution in [-0.4, -0.2) is 24.1 Å². The second kappa shape index (κ2) is 5.47. The van der Waals surface area contributed by atoms with Gasteiger partial charge in [-0.1, -0.05) is 13.0 Å². The van der Waals surface area contributed by atoms with Crippen LogP contribution in [0.4, 0.5) is 17.1 Å². The lowest BCUT2D eigenvalue weighted by atomic mass is 10.1. The molecule has 0 saturated carbocycles. The summed E-state index contributed by atoms with van der Waals surface area (Å²) in [6.45, 7) is 7.83. The number of nitro benzene ring substituents is 1. The monoisotopic (exact) mass is 263 g/mol. The molecule has 0 aliphatic carbocycles. The number of nitro groups is 1. The number of benzene rings is 1. The molecule has 0 spiro atoms. The third-order valence-electron chi connectivity index (χ3n) is 3.66. The van der Waals surface area contributed by atoms with Crippen LogP contribution in [0, 0.1) is 16.0 Å². The van der Waals surface area contributed by atoms with Gasteiger partial charge in [-0.05, 0) is 38.3 Å². The van der Waals surface area contributed by atoms with E-state index >= 15 is 0 Å². The van der Waals surface area contributed by atoms with Gasteiger partial charge in [0.05, 0.1) is 4.92 Å². The number of anilines is 2. The third kappa shape index (κ3) is 2.64. The molecule has 0 radical (unpaired) electrons. The van der Waals surface area contributed by atoms with Crippen molar-refractivity contribution in [3.8, 4) is 0 Å². The predicted octanol–water partition coefficient (Wildman–Crippen LogP) is 3.26. The molecule has 1 aromatic rings. The maximum atomic E-state index is 11.4. The summed E-state index contributed by atoms with van der Waals surface area (Å²) in [5.74, 6) is 0.581. The molecule has 2 atom stereocenters. The van der Waals surface area contributed by atoms with Crippen LogP contribution in [0.25, 0.3) is 0 Å². The Hall–Kier alpha value is -1.78. The Labute approximate surface area is 113 Å². The lowest BCUT2D eigenvalue weighted by molar-refractivity contribution is -0.383. The van der Waals surface area contributed by atoms with E-state index in [4.69, 9.17) is 0 Å². The minimum absolute atomic E-state index is 0.199. The lowest BCUT2D eigenvalue weighted by Gasteiger charge is -2.24. The SMILES string of the molecule is CCNc1cccc(N2CC(C)CC2C)c1[N+](=O)[O-]. The summed E-state index contributed by atoms with van der Waals surface area (Å²) < 4.78 is 0. The van der Waals surface area contributed by atoms with Gasteiger partial charge >= 0.3 is 5.69 Å². The predicted molar refractivity (Wildman–Crippen MR) is 77.8 cm³/mol. The van der Waals surface area contributed by atoms with Gasteiger partial charge in [0, 0.05) is 19.1 Å². The first-order valence-electron chi connectivity index (χ1n) is 6.82. The fourth-order valence-electron chi connectivity index (χ4n) is 2.92. The van der Waals surface area contributed by atoms with Crippen LogP contribution in [0.3, 0.4) is 0 Å². The van der Waals surface area contributed by atoms with Gasteiger partial charge in [-0.3, -0.25) is 10.1 Å². The van der Waals surface area contributed by atoms with Crippen molar-refractivity contribution in [1.29, 1.82) is 0 Å². The van der Waals surface area contributed by atoms with Crippen molar-refractivity contribution in [2.24, 2.45) is 5.92 Å². The highest BCUT2D eigenvalue weighted by molar-refractivity contribution is 5.77. The Morgan fingerprint density at radius 3 is 2.74 bits per heavy atom. The van der Waals surface area contributed by atoms with Gasteiger partial charge in [0.15, 0.2) is 0 Å². The van der Waals surface area contributed by atoms with Crippen LogP contribution in [0.1, 0.15) is 27.2 Å². The molecule has 5 nitrogen and oxygen atoms in total. The Morgan fingerprint density at radius 1 is 1.47 bits per heavy atom. The summed E-state index contributed by atoms with van der Waals surface area (Å²) in [5, 5.41) is 14.5. The Bertz CT molecular complexity index is 476. The van der Waals surface area contributed by atoms with E-state index < -0.39 is 0 Å². The molecule has 0 aromatic heterocycles. The number of hydrogen-bond donors (Lipinski definition) is 1. The van der Waals surface area contributed by atoms with Crippen molar-refractivity contribution < 1.29 is 4.92 Å². The quantitative estimate of drug-likeness (QED) is 0.669. The minimum atomic E-state index is -0.275. The van der Waals surface area contributed by atoms with E-state index in [-0.39, 0.29) is 10.6 Å². The van der Waals surface area contributed by atoms with Crippen LogP contribution in [0.5, 0.6) is 0 Å². The van der Waals surface area contributed by atoms with E-state index in [0.717, 1.165) is 18.7 Å². The van der Waals surface area contributed by atoms with E-state index in [9.17, 15) is 10.1 Å². The van der Waals surface area contributed by atoms with Crippen molar-refractivity contribution >= 4 is 17.1 Å². The summed E-state index contributed by atoms with van der Waals surface area (Å²) in [4.78, 5) is 13.3. The maximum absolute atomic E-state index is 11.4. The Kier molecular flexibility index (Phi) is 3.93. The largest absolute Gasteiger partial charge is 0.380 e. The number of hydrogen-bond acceptors (Lipinski definition) is 4. The summed E-state index contributed by atoms with van der Waals surface area (Å²) in [6.07, 6.45) is 1.09. The molecule has 0 amide bonds. The normalized spacial score (nSPS) is 22.6. The third-order valence-corrected chi connectivity index (χ3v) is 3.66. The Balaban J connectivity index is 2.44. The molecule has 1 aliphatic rings. The molecule has 1 fully saturated rings. The van der Waals surface area contributed by atoms with Crippen LogP contribution in [0.15, 0.2) is 18.2 Å². The first-order valence-corrected chi connectivity index (χ1v) is 6.82. The van der Waals surface area contributed by atoms with Crippen LogP contribution >= 0.6 is 0 Å². The van der Waals surface area contributed by atoms with Gasteiger partial charge in [0.1, 0.15) is 11.4 Å². The zero-order valence-corrected chi connectivity index (χ0v) is 11.7. The van der Waals surface area contributed by atoms with E-state index in [1.807, 2.05) is 19.1 Å². The number of para-hydroxylation sites is 1. The molecule has 1 aromatic carbocycles. The van der Waals surface area contributed by atoms with Crippen LogP contribution in [-0.2, 0) is 0 Å². The van der Waals surface area contributed by atoms with Crippen molar-refractivity contribution in [3.63, 3.8) is 0 Å². The maximum Gasteiger partial charge on any atom is 0.315 e. The number of rotatable bonds is 4. The molecule has 1 heterocycles. The fourth-order valence-corrected chi connectivity index (χ4v) is 2.92. The van der Waals surface area contributed by atoms with E-state index in [1.54, 1.807) is 6.07 Å². The van der Waals surface area contributed by atoms with Crippen LogP contribution < -0.4 is 10.2 Å². The smallest absolute Gasteiger partial charge is 0.315 e. The fraction of sp³-hybridized carbons (Fsp3) is 0.571. The molecule has 5 heteroatoms. The van der Waals surface area contributed by atoms with E-state index in [1.165, 1.54) is 0 Å². The second-order valence-electron chi connectivity index (χ2n) is 5.30. The molecule has 1 saturated heterocycles. The highest BCUT2D eigenvalue weighted by Crippen LogP contribution is 2.39. The summed E-state index contributed by atoms with van der Waals surface area (Å²) >= 11 is 0. The first kappa shape index (κ1) is 13.6. The molecule has 1 N–H and O–H groups in total. The highest BCUT2D eigenvalue weighted by atomic mass is 16.6. The topological polar surface area (TPSA) is 58.4 Å². The highest BCUT2D eigenvalue weighted by Gasteiger charge is 2.32. The molecule has 19 heavy (non-hydrogen) atoms. The van der Waals surface area contributed by atoms with Gasteiger partial charge < -0.3 is 10.2 Å². The summed E-state index contributed by atoms with van der Waals surface area (Å²) in [6, 6.07) is 5.87. The standard InChI is InChI=1S/C14H21N3O2/c1-4-15-12-6-5-7-13(14(12)17(18)19)16-9-10(2)8-11(16)3/h5-7,10-11,15H,4,8-9H2,1-3H3. The molecule has 1 aliphatic heterocycles. The zero-order valence-electron chi connectivity index (χ0n) is 11.7. The van der Waals surface area contributed by atoms with E-state index in [0.29, 0.717) is 24.2 Å². The molecule has 104 valence electrons. The average molecular weight is 263 g/mol. The second-order valence-corrected chi connectivity index (χ2v) is 5.30. The molecule has 2 rings (SSSR count). The molecule has 2 unspecified atom stereocenters. The van der Waals surface area contributed by atoms with E-state index in [2.05, 4.69) is 24.1 Å². The molecule has 0 bridgehead atoms. The van der Waals surface area contributed by atoms with Gasteiger partial charge in [0.2, 0.25) is 0 Å². The average Bonchev–Trinajstić information content (AvgIpc) is 2.68.